The zero-order valence-corrected chi connectivity index (χ0v) is 7.15. The van der Waals surface area contributed by atoms with Crippen molar-refractivity contribution in [1.29, 1.82) is 5.26 Å². The second-order valence-electron chi connectivity index (χ2n) is 2.88. The summed E-state index contributed by atoms with van der Waals surface area (Å²) in [6.45, 7) is 0.373. The largest absolute Gasteiger partial charge is 0.448 e. The van der Waals surface area contributed by atoms with E-state index in [1.54, 1.807) is 6.07 Å². The lowest BCUT2D eigenvalue weighted by atomic mass is 9.95. The minimum atomic E-state index is -1.45. The van der Waals surface area contributed by atoms with E-state index in [4.69, 9.17) is 10.00 Å². The molecule has 0 atom stereocenters. The van der Waals surface area contributed by atoms with E-state index in [1.807, 2.05) is 0 Å². The number of nitrogens with zero attached hydrogens (tertiary/aromatic N) is 1. The predicted molar refractivity (Wildman–Crippen MR) is 41.6 cm³/mol. The molecule has 13 heavy (non-hydrogen) atoms. The third kappa shape index (κ3) is 2.41. The third-order valence-corrected chi connectivity index (χ3v) is 1.97. The van der Waals surface area contributed by atoms with Crippen molar-refractivity contribution in [2.75, 3.05) is 19.8 Å². The second kappa shape index (κ2) is 4.21. The van der Waals surface area contributed by atoms with Crippen molar-refractivity contribution >= 4 is 5.97 Å². The van der Waals surface area contributed by atoms with Gasteiger partial charge in [-0.2, -0.15) is 5.26 Å². The van der Waals surface area contributed by atoms with E-state index in [9.17, 15) is 9.90 Å². The summed E-state index contributed by atoms with van der Waals surface area (Å²) >= 11 is 0. The van der Waals surface area contributed by atoms with E-state index in [-0.39, 0.29) is 19.4 Å². The number of hydrogen-bond donors (Lipinski definition) is 1. The maximum Gasteiger partial charge on any atom is 0.339 e. The molecular formula is C8H11NO4. The van der Waals surface area contributed by atoms with Crippen LogP contribution in [0.4, 0.5) is 0 Å². The maximum atomic E-state index is 11.2. The van der Waals surface area contributed by atoms with Gasteiger partial charge in [-0.1, -0.05) is 0 Å². The molecule has 0 aromatic carbocycles. The van der Waals surface area contributed by atoms with Crippen molar-refractivity contribution in [3.63, 3.8) is 0 Å². The van der Waals surface area contributed by atoms with Crippen LogP contribution in [0.15, 0.2) is 0 Å². The fourth-order valence-electron chi connectivity index (χ4n) is 1.15. The molecule has 0 aromatic rings. The number of hydrogen-bond acceptors (Lipinski definition) is 5. The number of rotatable bonds is 2. The lowest BCUT2D eigenvalue weighted by Gasteiger charge is -2.28. The Kier molecular flexibility index (Phi) is 3.23. The Morgan fingerprint density at radius 3 is 2.77 bits per heavy atom. The lowest BCUT2D eigenvalue weighted by molar-refractivity contribution is -0.173. The number of carbonyl (C=O) groups excluding carboxylic acids is 1. The molecule has 0 saturated carbocycles. The predicted octanol–water partition coefficient (Wildman–Crippen LogP) is -0.405. The molecular weight excluding hydrogens is 174 g/mol. The van der Waals surface area contributed by atoms with Crippen LogP contribution in [0.2, 0.25) is 0 Å². The fourth-order valence-corrected chi connectivity index (χ4v) is 1.15. The van der Waals surface area contributed by atoms with Crippen LogP contribution in [0, 0.1) is 11.3 Å². The van der Waals surface area contributed by atoms with Crippen LogP contribution in [0.5, 0.6) is 0 Å². The summed E-state index contributed by atoms with van der Waals surface area (Å²) < 4.78 is 9.51. The summed E-state index contributed by atoms with van der Waals surface area (Å²) in [7, 11) is 0. The highest BCUT2D eigenvalue weighted by atomic mass is 16.6. The molecule has 72 valence electrons. The summed E-state index contributed by atoms with van der Waals surface area (Å²) in [6, 6.07) is 1.67. The van der Waals surface area contributed by atoms with Gasteiger partial charge in [0, 0.05) is 26.1 Å². The molecule has 1 rings (SSSR count). The number of nitriles is 1. The Balaban J connectivity index is 2.47. The normalized spacial score (nSPS) is 20.3. The zero-order valence-electron chi connectivity index (χ0n) is 7.15. The minimum Gasteiger partial charge on any atom is -0.448 e. The third-order valence-electron chi connectivity index (χ3n) is 1.97. The number of esters is 1. The van der Waals surface area contributed by atoms with Crippen molar-refractivity contribution in [3.8, 4) is 6.07 Å². The van der Waals surface area contributed by atoms with Gasteiger partial charge in [0.15, 0.2) is 12.2 Å². The van der Waals surface area contributed by atoms with Crippen LogP contribution in [-0.2, 0) is 14.3 Å². The molecule has 0 aliphatic carbocycles. The molecule has 1 heterocycles. The molecule has 1 N–H and O–H groups in total. The number of ether oxygens (including phenoxy) is 2. The van der Waals surface area contributed by atoms with Crippen molar-refractivity contribution in [3.05, 3.63) is 0 Å². The van der Waals surface area contributed by atoms with Gasteiger partial charge < -0.3 is 14.6 Å². The Bertz CT molecular complexity index is 227. The van der Waals surface area contributed by atoms with Gasteiger partial charge in [0.2, 0.25) is 0 Å². The van der Waals surface area contributed by atoms with Crippen molar-refractivity contribution in [1.82, 2.24) is 0 Å². The summed E-state index contributed by atoms with van der Waals surface area (Å²) in [5, 5.41) is 17.9. The molecule has 5 nitrogen and oxygen atoms in total. The molecule has 1 saturated heterocycles. The molecule has 0 radical (unpaired) electrons. The van der Waals surface area contributed by atoms with Crippen molar-refractivity contribution in [2.24, 2.45) is 0 Å². The molecule has 0 aromatic heterocycles. The molecule has 1 aliphatic heterocycles. The molecule has 0 amide bonds. The highest BCUT2D eigenvalue weighted by Crippen LogP contribution is 2.21. The van der Waals surface area contributed by atoms with Crippen LogP contribution in [0.1, 0.15) is 12.8 Å². The van der Waals surface area contributed by atoms with Gasteiger partial charge in [-0.25, -0.2) is 4.79 Å². The molecule has 1 fully saturated rings. The van der Waals surface area contributed by atoms with E-state index >= 15 is 0 Å². The second-order valence-corrected chi connectivity index (χ2v) is 2.88. The Hall–Kier alpha value is -1.12. The molecule has 0 unspecified atom stereocenters. The first-order valence-electron chi connectivity index (χ1n) is 4.03. The topological polar surface area (TPSA) is 79.5 Å². The van der Waals surface area contributed by atoms with Gasteiger partial charge in [-0.15, -0.1) is 0 Å². The van der Waals surface area contributed by atoms with Crippen LogP contribution >= 0.6 is 0 Å². The van der Waals surface area contributed by atoms with Crippen LogP contribution in [-0.4, -0.2) is 36.5 Å². The van der Waals surface area contributed by atoms with Gasteiger partial charge in [-0.3, -0.25) is 0 Å². The lowest BCUT2D eigenvalue weighted by Crippen LogP contribution is -2.45. The molecule has 1 aliphatic rings. The van der Waals surface area contributed by atoms with Gasteiger partial charge in [-0.05, 0) is 0 Å². The summed E-state index contributed by atoms with van der Waals surface area (Å²) in [6.07, 6.45) is 0.467. The summed E-state index contributed by atoms with van der Waals surface area (Å²) in [4.78, 5) is 11.2. The molecule has 5 heteroatoms. The highest BCUT2D eigenvalue weighted by molar-refractivity contribution is 5.79. The quantitative estimate of drug-likeness (QED) is 0.592. The highest BCUT2D eigenvalue weighted by Gasteiger charge is 2.39. The van der Waals surface area contributed by atoms with Crippen LogP contribution in [0.25, 0.3) is 0 Å². The standard InChI is InChI=1S/C8H11NO4/c9-3-6-13-7(10)8(11)1-4-12-5-2-8/h11H,1-2,4-6H2. The first-order chi connectivity index (χ1) is 6.19. The van der Waals surface area contributed by atoms with Gasteiger partial charge in [0.1, 0.15) is 6.07 Å². The monoisotopic (exact) mass is 185 g/mol. The van der Waals surface area contributed by atoms with E-state index in [0.29, 0.717) is 13.2 Å². The van der Waals surface area contributed by atoms with Gasteiger partial charge >= 0.3 is 5.97 Å². The van der Waals surface area contributed by atoms with Gasteiger partial charge in [0.25, 0.3) is 0 Å². The zero-order chi connectivity index (χ0) is 9.73. The Morgan fingerprint density at radius 1 is 1.62 bits per heavy atom. The Labute approximate surface area is 75.9 Å². The van der Waals surface area contributed by atoms with Gasteiger partial charge in [0.05, 0.1) is 0 Å². The van der Waals surface area contributed by atoms with E-state index in [0.717, 1.165) is 0 Å². The fraction of sp³-hybridized carbons (Fsp3) is 0.750. The first-order valence-corrected chi connectivity index (χ1v) is 4.03. The van der Waals surface area contributed by atoms with Crippen LogP contribution in [0.3, 0.4) is 0 Å². The van der Waals surface area contributed by atoms with Crippen molar-refractivity contribution < 1.29 is 19.4 Å². The number of carbonyl (C=O) groups is 1. The van der Waals surface area contributed by atoms with E-state index in [2.05, 4.69) is 4.74 Å². The van der Waals surface area contributed by atoms with E-state index in [1.165, 1.54) is 0 Å². The first kappa shape index (κ1) is 9.96. The number of aliphatic hydroxyl groups is 1. The summed E-state index contributed by atoms with van der Waals surface area (Å²) in [5.74, 6) is -0.725. The minimum absolute atomic E-state index is 0.233. The Morgan fingerprint density at radius 2 is 2.23 bits per heavy atom. The molecule has 0 spiro atoms. The smallest absolute Gasteiger partial charge is 0.339 e. The average Bonchev–Trinajstić information content (AvgIpc) is 2.15. The SMILES string of the molecule is N#CCOC(=O)C1(O)CCOCC1. The average molecular weight is 185 g/mol. The summed E-state index contributed by atoms with van der Waals surface area (Å²) in [5.41, 5.74) is -1.45. The molecule has 0 bridgehead atoms. The van der Waals surface area contributed by atoms with E-state index < -0.39 is 11.6 Å². The van der Waals surface area contributed by atoms with Crippen LogP contribution < -0.4 is 0 Å². The maximum absolute atomic E-state index is 11.2. The van der Waals surface area contributed by atoms with Crippen molar-refractivity contribution in [2.45, 2.75) is 18.4 Å².